The zero-order valence-corrected chi connectivity index (χ0v) is 32.1. The van der Waals surface area contributed by atoms with E-state index in [1.165, 1.54) is 0 Å². The number of hydrogen-bond donors (Lipinski definition) is 4. The Kier molecular flexibility index (Phi) is 27.3. The molecule has 300 valence electrons. The Hall–Kier alpha value is -3.17. The van der Waals surface area contributed by atoms with E-state index in [9.17, 15) is 37.9 Å². The van der Waals surface area contributed by atoms with Crippen molar-refractivity contribution in [3.8, 4) is 0 Å². The second-order valence-electron chi connectivity index (χ2n) is 12.6. The van der Waals surface area contributed by atoms with Gasteiger partial charge in [-0.15, -0.1) is 0 Å². The van der Waals surface area contributed by atoms with Crippen molar-refractivity contribution in [2.45, 2.75) is 134 Å². The first-order valence-corrected chi connectivity index (χ1v) is 20.3. The number of carbonyl (C=O) groups excluding carboxylic acids is 2. The van der Waals surface area contributed by atoms with Crippen molar-refractivity contribution in [3.05, 3.63) is 85.1 Å². The molecule has 0 aliphatic carbocycles. The van der Waals surface area contributed by atoms with Gasteiger partial charge in [0.05, 0.1) is 6.61 Å². The van der Waals surface area contributed by atoms with Gasteiger partial charge in [0.25, 0.3) is 10.1 Å². The summed E-state index contributed by atoms with van der Waals surface area (Å²) in [6, 6.07) is 0. The summed E-state index contributed by atoms with van der Waals surface area (Å²) in [5, 5.41) is 30.7. The van der Waals surface area contributed by atoms with Gasteiger partial charge < -0.3 is 34.3 Å². The highest BCUT2D eigenvalue weighted by Gasteiger charge is 2.46. The minimum atomic E-state index is -4.61. The summed E-state index contributed by atoms with van der Waals surface area (Å²) in [7, 11) is -4.61. The van der Waals surface area contributed by atoms with Gasteiger partial charge in [-0.1, -0.05) is 105 Å². The summed E-state index contributed by atoms with van der Waals surface area (Å²) in [6.45, 7) is 3.38. The van der Waals surface area contributed by atoms with Crippen molar-refractivity contribution in [3.63, 3.8) is 0 Å². The fourth-order valence-electron chi connectivity index (χ4n) is 4.93. The summed E-state index contributed by atoms with van der Waals surface area (Å²) in [5.74, 6) is -2.11. The van der Waals surface area contributed by atoms with Gasteiger partial charge in [-0.05, 0) is 64.2 Å². The molecule has 0 radical (unpaired) electrons. The number of hydrogen-bond acceptors (Lipinski definition) is 11. The molecule has 12 nitrogen and oxygen atoms in total. The van der Waals surface area contributed by atoms with Crippen LogP contribution >= 0.6 is 0 Å². The average Bonchev–Trinajstić information content (AvgIpc) is 3.12. The van der Waals surface area contributed by atoms with Gasteiger partial charge in [0.2, 0.25) is 0 Å². The molecular weight excluding hydrogens is 704 g/mol. The van der Waals surface area contributed by atoms with Crippen molar-refractivity contribution in [2.75, 3.05) is 19.0 Å². The van der Waals surface area contributed by atoms with Gasteiger partial charge in [-0.2, -0.15) is 8.42 Å². The second-order valence-corrected chi connectivity index (χ2v) is 14.1. The van der Waals surface area contributed by atoms with E-state index >= 15 is 0 Å². The van der Waals surface area contributed by atoms with E-state index in [-0.39, 0.29) is 19.4 Å². The molecule has 6 atom stereocenters. The number of unbranched alkanes of at least 4 members (excludes halogenated alkanes) is 5. The predicted molar refractivity (Wildman–Crippen MR) is 205 cm³/mol. The molecule has 0 aromatic heterocycles. The molecule has 1 heterocycles. The van der Waals surface area contributed by atoms with Gasteiger partial charge in [0.1, 0.15) is 36.8 Å². The van der Waals surface area contributed by atoms with E-state index in [4.69, 9.17) is 18.9 Å². The Morgan fingerprint density at radius 3 is 1.91 bits per heavy atom. The van der Waals surface area contributed by atoms with E-state index in [2.05, 4.69) is 56.4 Å². The monoisotopic (exact) mass is 766 g/mol. The zero-order valence-electron chi connectivity index (χ0n) is 31.3. The summed E-state index contributed by atoms with van der Waals surface area (Å²) in [4.78, 5) is 25.2. The first-order valence-electron chi connectivity index (χ1n) is 18.7. The van der Waals surface area contributed by atoms with Crippen LogP contribution in [-0.4, -0.2) is 96.0 Å². The van der Waals surface area contributed by atoms with E-state index in [1.54, 1.807) is 0 Å². The lowest BCUT2D eigenvalue weighted by molar-refractivity contribution is -0.297. The topological polar surface area (TPSA) is 186 Å². The highest BCUT2D eigenvalue weighted by atomic mass is 32.2. The van der Waals surface area contributed by atoms with Crippen LogP contribution in [0.1, 0.15) is 97.3 Å². The van der Waals surface area contributed by atoms with Crippen LogP contribution in [0.4, 0.5) is 0 Å². The van der Waals surface area contributed by atoms with E-state index in [0.29, 0.717) is 12.8 Å². The van der Waals surface area contributed by atoms with Crippen molar-refractivity contribution in [2.24, 2.45) is 0 Å². The van der Waals surface area contributed by atoms with E-state index in [1.807, 2.05) is 42.5 Å². The largest absolute Gasteiger partial charge is 0.462 e. The van der Waals surface area contributed by atoms with Crippen LogP contribution in [-0.2, 0) is 38.7 Å². The average molecular weight is 767 g/mol. The number of aliphatic hydroxyl groups is 3. The fourth-order valence-corrected chi connectivity index (χ4v) is 5.62. The van der Waals surface area contributed by atoms with Crippen LogP contribution in [0.2, 0.25) is 0 Å². The molecule has 0 aromatic rings. The first kappa shape index (κ1) is 47.9. The van der Waals surface area contributed by atoms with Gasteiger partial charge in [-0.3, -0.25) is 14.1 Å². The lowest BCUT2D eigenvalue weighted by atomic mass is 10.00. The van der Waals surface area contributed by atoms with E-state index in [0.717, 1.165) is 57.8 Å². The van der Waals surface area contributed by atoms with Gasteiger partial charge in [0, 0.05) is 12.8 Å². The number of esters is 2. The van der Waals surface area contributed by atoms with Gasteiger partial charge >= 0.3 is 11.9 Å². The summed E-state index contributed by atoms with van der Waals surface area (Å²) >= 11 is 0. The minimum absolute atomic E-state index is 0.104. The standard InChI is InChI=1S/C40H62O12S/c1-3-5-7-9-11-13-15-17-19-21-23-25-27-29-36(42)51-33(31-50-40-39(45)38(44)37(43)34(52-40)32-53(46,47)48)30-49-35(41)28-26-24-22-20-18-16-14-12-10-8-6-4-2/h5-9,11-15,17-20,33-34,37-40,43-45H,3-4,10,16,21-32H2,1-2H3,(H,46,47,48)/b7-5+,8-6+,11-9+,14-12+,15-13+,19-17+,20-18+/t33?,34-,37-,38?,39?,40+/m1/s1. The zero-order chi connectivity index (χ0) is 39.2. The number of rotatable bonds is 28. The molecule has 0 aromatic carbocycles. The Morgan fingerprint density at radius 2 is 1.23 bits per heavy atom. The maximum Gasteiger partial charge on any atom is 0.306 e. The van der Waals surface area contributed by atoms with Crippen LogP contribution in [0.3, 0.4) is 0 Å². The molecule has 1 rings (SSSR count). The van der Waals surface area contributed by atoms with Crippen LogP contribution < -0.4 is 0 Å². The Balaban J connectivity index is 2.61. The molecule has 0 bridgehead atoms. The van der Waals surface area contributed by atoms with Crippen LogP contribution in [0.25, 0.3) is 0 Å². The third-order valence-corrected chi connectivity index (χ3v) is 8.56. The molecule has 3 unspecified atom stereocenters. The van der Waals surface area contributed by atoms with E-state index < -0.39 is 71.2 Å². The van der Waals surface area contributed by atoms with Crippen molar-refractivity contribution in [1.82, 2.24) is 0 Å². The number of ether oxygens (including phenoxy) is 4. The van der Waals surface area contributed by atoms with Crippen molar-refractivity contribution in [1.29, 1.82) is 0 Å². The normalized spacial score (nSPS) is 22.1. The molecule has 13 heteroatoms. The molecule has 53 heavy (non-hydrogen) atoms. The third-order valence-electron chi connectivity index (χ3n) is 7.81. The second kappa shape index (κ2) is 30.2. The number of aliphatic hydroxyl groups excluding tert-OH is 3. The predicted octanol–water partition coefficient (Wildman–Crippen LogP) is 6.16. The molecule has 0 amide bonds. The fraction of sp³-hybridized carbons (Fsp3) is 0.600. The Bertz CT molecular complexity index is 1310. The maximum absolute atomic E-state index is 12.7. The molecular formula is C40H62O12S. The number of allylic oxidation sites excluding steroid dienone is 14. The summed E-state index contributed by atoms with van der Waals surface area (Å²) < 4.78 is 53.7. The van der Waals surface area contributed by atoms with Crippen LogP contribution in [0.5, 0.6) is 0 Å². The molecule has 1 aliphatic heterocycles. The molecule has 0 spiro atoms. The van der Waals surface area contributed by atoms with Crippen molar-refractivity contribution < 1.29 is 56.8 Å². The van der Waals surface area contributed by atoms with Gasteiger partial charge in [0.15, 0.2) is 12.4 Å². The van der Waals surface area contributed by atoms with Crippen LogP contribution in [0.15, 0.2) is 85.1 Å². The lowest BCUT2D eigenvalue weighted by Crippen LogP contribution is -2.60. The van der Waals surface area contributed by atoms with Crippen molar-refractivity contribution >= 4 is 22.1 Å². The quantitative estimate of drug-likeness (QED) is 0.0234. The minimum Gasteiger partial charge on any atom is -0.462 e. The highest BCUT2D eigenvalue weighted by molar-refractivity contribution is 7.85. The third kappa shape index (κ3) is 25.5. The molecule has 1 fully saturated rings. The Labute approximate surface area is 316 Å². The smallest absolute Gasteiger partial charge is 0.306 e. The molecule has 4 N–H and O–H groups in total. The Morgan fingerprint density at radius 1 is 0.660 bits per heavy atom. The first-order chi connectivity index (χ1) is 25.5. The number of carbonyl (C=O) groups is 2. The molecule has 1 saturated heterocycles. The molecule has 0 saturated carbocycles. The maximum atomic E-state index is 12.7. The highest BCUT2D eigenvalue weighted by Crippen LogP contribution is 2.23. The summed E-state index contributed by atoms with van der Waals surface area (Å²) in [6.07, 6.45) is 28.0. The van der Waals surface area contributed by atoms with Gasteiger partial charge in [-0.25, -0.2) is 0 Å². The lowest BCUT2D eigenvalue weighted by Gasteiger charge is -2.40. The SMILES string of the molecule is CC/C=C/C=C/C=C/C=C/CCCCCC(=O)OC(COC(=O)CCCC/C=C/C/C=C/C/C=C/CC)CO[C@H]1O[C@H](CS(=O)(=O)O)[C@@H](O)C(O)C1O. The van der Waals surface area contributed by atoms with Crippen LogP contribution in [0, 0.1) is 0 Å². The molecule has 1 aliphatic rings. The summed E-state index contributed by atoms with van der Waals surface area (Å²) in [5.41, 5.74) is 0.